The Balaban J connectivity index is 1.94. The summed E-state index contributed by atoms with van der Waals surface area (Å²) in [6.45, 7) is 3.93. The second kappa shape index (κ2) is 5.89. The van der Waals surface area contributed by atoms with Gasteiger partial charge in [-0.05, 0) is 49.2 Å². The number of rotatable bonds is 3. The average Bonchev–Trinajstić information content (AvgIpc) is 2.71. The molecule has 0 unspecified atom stereocenters. The lowest BCUT2D eigenvalue weighted by molar-refractivity contribution is -0.120. The molecule has 0 aliphatic carbocycles. The van der Waals surface area contributed by atoms with E-state index in [0.29, 0.717) is 5.69 Å². The lowest BCUT2D eigenvalue weighted by atomic mass is 10.1. The minimum Gasteiger partial charge on any atom is -0.350 e. The predicted molar refractivity (Wildman–Crippen MR) is 91.4 cm³/mol. The Kier molecular flexibility index (Phi) is 3.92. The summed E-state index contributed by atoms with van der Waals surface area (Å²) in [5.41, 5.74) is 3.44. The summed E-state index contributed by atoms with van der Waals surface area (Å²) < 4.78 is 0. The molecule has 0 saturated carbocycles. The summed E-state index contributed by atoms with van der Waals surface area (Å²) in [4.78, 5) is 26.0. The SMILES string of the molecule is Cc1cc(C)cc(NC2=C(Cl)C(=O)N(c3ccccc3)C2=O)c1. The van der Waals surface area contributed by atoms with Gasteiger partial charge >= 0.3 is 0 Å². The van der Waals surface area contributed by atoms with Gasteiger partial charge in [0, 0.05) is 5.69 Å². The van der Waals surface area contributed by atoms with Gasteiger partial charge < -0.3 is 5.32 Å². The van der Waals surface area contributed by atoms with Gasteiger partial charge in [-0.15, -0.1) is 0 Å². The molecule has 0 fully saturated rings. The standard InChI is InChI=1S/C18H15ClN2O2/c1-11-8-12(2)10-13(9-11)20-16-15(19)17(22)21(18(16)23)14-6-4-3-5-7-14/h3-10,20H,1-2H3. The van der Waals surface area contributed by atoms with Gasteiger partial charge in [-0.25, -0.2) is 4.90 Å². The number of hydrogen-bond acceptors (Lipinski definition) is 3. The maximum atomic E-state index is 12.6. The molecule has 0 atom stereocenters. The minimum absolute atomic E-state index is 0.0991. The Morgan fingerprint density at radius 3 is 2.13 bits per heavy atom. The van der Waals surface area contributed by atoms with E-state index in [1.54, 1.807) is 24.3 Å². The van der Waals surface area contributed by atoms with Gasteiger partial charge in [0.05, 0.1) is 5.69 Å². The van der Waals surface area contributed by atoms with Gasteiger partial charge in [0.25, 0.3) is 11.8 Å². The van der Waals surface area contributed by atoms with Gasteiger partial charge in [0.1, 0.15) is 10.7 Å². The zero-order valence-electron chi connectivity index (χ0n) is 12.8. The van der Waals surface area contributed by atoms with Gasteiger partial charge in [-0.1, -0.05) is 35.9 Å². The third kappa shape index (κ3) is 2.85. The summed E-state index contributed by atoms with van der Waals surface area (Å²) >= 11 is 6.10. The maximum absolute atomic E-state index is 12.6. The van der Waals surface area contributed by atoms with Crippen LogP contribution in [-0.4, -0.2) is 11.8 Å². The number of anilines is 2. The van der Waals surface area contributed by atoms with Crippen LogP contribution in [0.3, 0.4) is 0 Å². The van der Waals surface area contributed by atoms with Crippen molar-refractivity contribution < 1.29 is 9.59 Å². The van der Waals surface area contributed by atoms with Gasteiger partial charge in [0.2, 0.25) is 0 Å². The van der Waals surface area contributed by atoms with E-state index in [0.717, 1.165) is 21.7 Å². The van der Waals surface area contributed by atoms with E-state index in [1.165, 1.54) is 0 Å². The van der Waals surface area contributed by atoms with Crippen molar-refractivity contribution in [3.63, 3.8) is 0 Å². The molecular formula is C18H15ClN2O2. The fourth-order valence-electron chi connectivity index (χ4n) is 2.61. The Bertz CT molecular complexity index is 808. The number of imide groups is 1. The summed E-state index contributed by atoms with van der Waals surface area (Å²) in [5.74, 6) is -0.972. The number of carbonyl (C=O) groups is 2. The summed E-state index contributed by atoms with van der Waals surface area (Å²) in [5, 5.41) is 2.89. The Morgan fingerprint density at radius 1 is 0.913 bits per heavy atom. The summed E-state index contributed by atoms with van der Waals surface area (Å²) in [6.07, 6.45) is 0. The lowest BCUT2D eigenvalue weighted by Crippen LogP contribution is -2.32. The Labute approximate surface area is 139 Å². The van der Waals surface area contributed by atoms with Crippen LogP contribution in [0.15, 0.2) is 59.3 Å². The zero-order chi connectivity index (χ0) is 16.6. The summed E-state index contributed by atoms with van der Waals surface area (Å²) in [6, 6.07) is 14.6. The highest BCUT2D eigenvalue weighted by Crippen LogP contribution is 2.30. The number of nitrogens with one attached hydrogen (secondary N) is 1. The Morgan fingerprint density at radius 2 is 1.52 bits per heavy atom. The highest BCUT2D eigenvalue weighted by atomic mass is 35.5. The molecule has 1 N–H and O–H groups in total. The summed E-state index contributed by atoms with van der Waals surface area (Å²) in [7, 11) is 0. The smallest absolute Gasteiger partial charge is 0.283 e. The monoisotopic (exact) mass is 326 g/mol. The average molecular weight is 327 g/mol. The molecule has 2 amide bonds. The second-order valence-electron chi connectivity index (χ2n) is 5.47. The fourth-order valence-corrected chi connectivity index (χ4v) is 2.83. The van der Waals surface area contributed by atoms with Gasteiger partial charge in [-0.2, -0.15) is 0 Å². The first-order chi connectivity index (χ1) is 11.0. The van der Waals surface area contributed by atoms with Crippen molar-refractivity contribution in [1.29, 1.82) is 0 Å². The van der Waals surface area contributed by atoms with E-state index in [1.807, 2.05) is 38.1 Å². The van der Waals surface area contributed by atoms with E-state index in [-0.39, 0.29) is 10.7 Å². The predicted octanol–water partition coefficient (Wildman–Crippen LogP) is 3.74. The van der Waals surface area contributed by atoms with Gasteiger partial charge in [0.15, 0.2) is 0 Å². The number of amides is 2. The molecule has 116 valence electrons. The van der Waals surface area contributed by atoms with Crippen LogP contribution in [-0.2, 0) is 9.59 Å². The van der Waals surface area contributed by atoms with Crippen LogP contribution in [0.5, 0.6) is 0 Å². The van der Waals surface area contributed by atoms with Crippen LogP contribution in [0.1, 0.15) is 11.1 Å². The van der Waals surface area contributed by atoms with Crippen molar-refractivity contribution in [2.75, 3.05) is 10.2 Å². The quantitative estimate of drug-likeness (QED) is 0.874. The van der Waals surface area contributed by atoms with E-state index >= 15 is 0 Å². The van der Waals surface area contributed by atoms with Crippen LogP contribution in [0.2, 0.25) is 0 Å². The fraction of sp³-hybridized carbons (Fsp3) is 0.111. The number of benzene rings is 2. The van der Waals surface area contributed by atoms with Crippen LogP contribution >= 0.6 is 11.6 Å². The molecule has 0 spiro atoms. The molecule has 1 heterocycles. The first-order valence-electron chi connectivity index (χ1n) is 7.16. The normalized spacial score (nSPS) is 14.7. The number of halogens is 1. The number of para-hydroxylation sites is 1. The van der Waals surface area contributed by atoms with Crippen LogP contribution in [0, 0.1) is 13.8 Å². The number of carbonyl (C=O) groups excluding carboxylic acids is 2. The lowest BCUT2D eigenvalue weighted by Gasteiger charge is -2.15. The molecule has 0 radical (unpaired) electrons. The molecule has 23 heavy (non-hydrogen) atoms. The molecule has 0 aromatic heterocycles. The molecule has 4 nitrogen and oxygen atoms in total. The third-order valence-electron chi connectivity index (χ3n) is 3.53. The highest BCUT2D eigenvalue weighted by Gasteiger charge is 2.38. The number of aryl methyl sites for hydroxylation is 2. The highest BCUT2D eigenvalue weighted by molar-refractivity contribution is 6.53. The largest absolute Gasteiger partial charge is 0.350 e. The zero-order valence-corrected chi connectivity index (χ0v) is 13.5. The molecule has 0 saturated heterocycles. The Hall–Kier alpha value is -2.59. The van der Waals surface area contributed by atoms with Crippen molar-refractivity contribution in [3.05, 3.63) is 70.4 Å². The van der Waals surface area contributed by atoms with Crippen molar-refractivity contribution in [3.8, 4) is 0 Å². The first-order valence-corrected chi connectivity index (χ1v) is 7.54. The molecule has 2 aromatic rings. The number of hydrogen-bond donors (Lipinski definition) is 1. The third-order valence-corrected chi connectivity index (χ3v) is 3.88. The van der Waals surface area contributed by atoms with E-state index in [9.17, 15) is 9.59 Å². The van der Waals surface area contributed by atoms with E-state index in [2.05, 4.69) is 5.32 Å². The van der Waals surface area contributed by atoms with Crippen molar-refractivity contribution in [2.24, 2.45) is 0 Å². The van der Waals surface area contributed by atoms with E-state index in [4.69, 9.17) is 11.6 Å². The van der Waals surface area contributed by atoms with Crippen molar-refractivity contribution >= 4 is 34.8 Å². The maximum Gasteiger partial charge on any atom is 0.283 e. The molecular weight excluding hydrogens is 312 g/mol. The molecule has 1 aliphatic rings. The minimum atomic E-state index is -0.519. The molecule has 2 aromatic carbocycles. The van der Waals surface area contributed by atoms with Crippen molar-refractivity contribution in [2.45, 2.75) is 13.8 Å². The van der Waals surface area contributed by atoms with Crippen LogP contribution in [0.4, 0.5) is 11.4 Å². The number of nitrogens with zero attached hydrogens (tertiary/aromatic N) is 1. The van der Waals surface area contributed by atoms with E-state index < -0.39 is 11.8 Å². The molecule has 5 heteroatoms. The topological polar surface area (TPSA) is 49.4 Å². The van der Waals surface area contributed by atoms with Gasteiger partial charge in [-0.3, -0.25) is 9.59 Å². The van der Waals surface area contributed by atoms with Crippen LogP contribution < -0.4 is 10.2 Å². The molecule has 3 rings (SSSR count). The first kappa shape index (κ1) is 15.3. The van der Waals surface area contributed by atoms with Crippen LogP contribution in [0.25, 0.3) is 0 Å². The second-order valence-corrected chi connectivity index (χ2v) is 5.85. The van der Waals surface area contributed by atoms with Crippen molar-refractivity contribution in [1.82, 2.24) is 0 Å². The molecule has 0 bridgehead atoms. The molecule has 1 aliphatic heterocycles.